The second-order valence-electron chi connectivity index (χ2n) is 18.1. The van der Waals surface area contributed by atoms with Gasteiger partial charge >= 0.3 is 0 Å². The van der Waals surface area contributed by atoms with E-state index in [1.54, 1.807) is 0 Å². The fourth-order valence-corrected chi connectivity index (χ4v) is 11.1. The Balaban J connectivity index is 1.09. The molecule has 0 saturated carbocycles. The predicted octanol–water partition coefficient (Wildman–Crippen LogP) is 17.1. The number of para-hydroxylation sites is 4. The highest BCUT2D eigenvalue weighted by atomic mass is 16.3. The molecule has 66 heavy (non-hydrogen) atoms. The molecule has 1 aliphatic rings. The van der Waals surface area contributed by atoms with Crippen molar-refractivity contribution in [2.24, 2.45) is 16.8 Å². The van der Waals surface area contributed by atoms with E-state index in [1.165, 1.54) is 43.8 Å². The van der Waals surface area contributed by atoms with Gasteiger partial charge in [-0.2, -0.15) is 0 Å². The van der Waals surface area contributed by atoms with Crippen molar-refractivity contribution in [1.29, 1.82) is 0 Å². The van der Waals surface area contributed by atoms with E-state index in [9.17, 15) is 0 Å². The number of benzene rings is 9. The zero-order chi connectivity index (χ0) is 43.9. The van der Waals surface area contributed by atoms with Crippen molar-refractivity contribution < 1.29 is 8.83 Å². The van der Waals surface area contributed by atoms with Gasteiger partial charge in [-0.25, -0.2) is 0 Å². The third-order valence-corrected chi connectivity index (χ3v) is 14.3. The Hall–Kier alpha value is -7.95. The molecule has 4 heteroatoms. The van der Waals surface area contributed by atoms with E-state index >= 15 is 0 Å². The zero-order valence-electron chi connectivity index (χ0n) is 36.9. The summed E-state index contributed by atoms with van der Waals surface area (Å²) < 4.78 is 16.2. The van der Waals surface area contributed by atoms with Crippen molar-refractivity contribution in [1.82, 2.24) is 4.57 Å². The monoisotopic (exact) mass is 850 g/mol. The molecule has 0 saturated heterocycles. The van der Waals surface area contributed by atoms with Crippen molar-refractivity contribution in [3.63, 3.8) is 0 Å². The summed E-state index contributed by atoms with van der Waals surface area (Å²) in [6, 6.07) is 69.8. The molecule has 12 aromatic rings. The summed E-state index contributed by atoms with van der Waals surface area (Å²) in [7, 11) is 0. The Kier molecular flexibility index (Phi) is 8.96. The number of hydrogen-bond donors (Lipinski definition) is 0. The maximum atomic E-state index is 6.88. The SMILES string of the molecule is CCC1/C(c2cccc(-c3ccccc3)c2)=C/CC(C)C(c2cc(-n3c4ccccc4c4cc5ccccc5cc43)cc3oc4ccccc4c23)=NC1c1cccc2c1oc1ccccc12. The van der Waals surface area contributed by atoms with Gasteiger partial charge in [-0.15, -0.1) is 0 Å². The normalized spacial score (nSPS) is 17.8. The van der Waals surface area contributed by atoms with Crippen LogP contribution in [0.25, 0.3) is 98.8 Å². The minimum atomic E-state index is -0.264. The lowest BCUT2D eigenvalue weighted by Crippen LogP contribution is -2.22. The van der Waals surface area contributed by atoms with Crippen molar-refractivity contribution in [3.8, 4) is 16.8 Å². The zero-order valence-corrected chi connectivity index (χ0v) is 36.9. The van der Waals surface area contributed by atoms with Crippen molar-refractivity contribution >= 4 is 87.7 Å². The third-order valence-electron chi connectivity index (χ3n) is 14.3. The van der Waals surface area contributed by atoms with Crippen LogP contribution >= 0.6 is 0 Å². The maximum Gasteiger partial charge on any atom is 0.140 e. The van der Waals surface area contributed by atoms with Gasteiger partial charge in [-0.3, -0.25) is 4.99 Å². The van der Waals surface area contributed by atoms with Gasteiger partial charge < -0.3 is 13.4 Å². The topological polar surface area (TPSA) is 43.6 Å². The van der Waals surface area contributed by atoms with Gasteiger partial charge in [0, 0.05) is 67.1 Å². The highest BCUT2D eigenvalue weighted by molar-refractivity contribution is 6.21. The molecule has 0 bridgehead atoms. The van der Waals surface area contributed by atoms with Crippen LogP contribution in [0.1, 0.15) is 49.4 Å². The first kappa shape index (κ1) is 38.5. The standard InChI is InChI=1S/C62H46N2O2/c1-3-45-46(43-22-15-21-40(33-43)39-17-5-4-6-18-39)32-31-38(2)60(63-61(45)51-27-16-26-49-48-24-10-13-29-56(48)66-62(49)51)53-36-44(37-58-59(53)50-25-11-14-30-57(50)65-58)64-54-28-12-9-23-47(54)52-34-41-19-7-8-20-42(41)35-55(52)64/h4-30,32-38,45,61H,3,31H2,1-2H3/b46-32+,63-60?. The first-order valence-corrected chi connectivity index (χ1v) is 23.3. The molecule has 0 radical (unpaired) electrons. The first-order chi connectivity index (χ1) is 32.6. The summed E-state index contributed by atoms with van der Waals surface area (Å²) in [4.78, 5) is 6.18. The quantitative estimate of drug-likeness (QED) is 0.167. The smallest absolute Gasteiger partial charge is 0.140 e. The summed E-state index contributed by atoms with van der Waals surface area (Å²) in [6.07, 6.45) is 4.23. The van der Waals surface area contributed by atoms with Crippen molar-refractivity contribution in [2.45, 2.75) is 32.7 Å². The number of hydrogen-bond acceptors (Lipinski definition) is 3. The maximum absolute atomic E-state index is 6.88. The van der Waals surface area contributed by atoms with E-state index in [0.29, 0.717) is 0 Å². The highest BCUT2D eigenvalue weighted by Crippen LogP contribution is 2.47. The van der Waals surface area contributed by atoms with Crippen molar-refractivity contribution in [3.05, 3.63) is 217 Å². The van der Waals surface area contributed by atoms with Gasteiger partial charge in [0.25, 0.3) is 0 Å². The van der Waals surface area contributed by atoms with E-state index < -0.39 is 0 Å². The molecule has 3 unspecified atom stereocenters. The van der Waals surface area contributed by atoms with Gasteiger partial charge in [-0.1, -0.05) is 166 Å². The largest absolute Gasteiger partial charge is 0.456 e. The Labute approximate surface area is 382 Å². The Morgan fingerprint density at radius 1 is 0.530 bits per heavy atom. The summed E-state index contributed by atoms with van der Waals surface area (Å²) in [5.74, 6) is 0.101. The van der Waals surface area contributed by atoms with Gasteiger partial charge in [0.05, 0.1) is 22.8 Å². The van der Waals surface area contributed by atoms with E-state index in [2.05, 4.69) is 219 Å². The number of furan rings is 2. The van der Waals surface area contributed by atoms with E-state index in [4.69, 9.17) is 13.8 Å². The van der Waals surface area contributed by atoms with Gasteiger partial charge in [0.15, 0.2) is 0 Å². The molecule has 1 aliphatic heterocycles. The number of fused-ring (bicyclic) bond motifs is 10. The van der Waals surface area contributed by atoms with E-state index in [0.717, 1.165) is 90.3 Å². The molecule has 0 amide bonds. The minimum absolute atomic E-state index is 0.0442. The fourth-order valence-electron chi connectivity index (χ4n) is 11.1. The lowest BCUT2D eigenvalue weighted by molar-refractivity contribution is 0.510. The molecule has 3 aromatic heterocycles. The van der Waals surface area contributed by atoms with Crippen LogP contribution in [0.4, 0.5) is 0 Å². The lowest BCUT2D eigenvalue weighted by atomic mass is 9.78. The molecule has 9 aromatic carbocycles. The fraction of sp³-hybridized carbons (Fsp3) is 0.113. The van der Waals surface area contributed by atoms with Crippen LogP contribution < -0.4 is 0 Å². The summed E-state index contributed by atoms with van der Waals surface area (Å²) in [5.41, 5.74) is 15.1. The van der Waals surface area contributed by atoms with Gasteiger partial charge in [0.2, 0.25) is 0 Å². The van der Waals surface area contributed by atoms with Crippen LogP contribution in [0.2, 0.25) is 0 Å². The first-order valence-electron chi connectivity index (χ1n) is 23.3. The van der Waals surface area contributed by atoms with Crippen LogP contribution in [-0.2, 0) is 0 Å². The number of aliphatic imine (C=N–C) groups is 1. The molecule has 13 rings (SSSR count). The molecular weight excluding hydrogens is 805 g/mol. The molecule has 0 aliphatic carbocycles. The second-order valence-corrected chi connectivity index (χ2v) is 18.1. The number of allylic oxidation sites excluding steroid dienone is 1. The Bertz CT molecular complexity index is 3940. The molecule has 0 N–H and O–H groups in total. The molecule has 0 fully saturated rings. The van der Waals surface area contributed by atoms with E-state index in [1.807, 2.05) is 0 Å². The number of rotatable bonds is 6. The van der Waals surface area contributed by atoms with Crippen LogP contribution in [0.15, 0.2) is 214 Å². The molecular formula is C62H46N2O2. The number of nitrogens with zero attached hydrogens (tertiary/aromatic N) is 2. The van der Waals surface area contributed by atoms with Crippen molar-refractivity contribution in [2.75, 3.05) is 0 Å². The van der Waals surface area contributed by atoms with Crippen LogP contribution in [0, 0.1) is 11.8 Å². The Morgan fingerprint density at radius 3 is 2.03 bits per heavy atom. The summed E-state index contributed by atoms with van der Waals surface area (Å²) in [6.45, 7) is 4.67. The highest BCUT2D eigenvalue weighted by Gasteiger charge is 2.33. The molecule has 0 spiro atoms. The summed E-state index contributed by atoms with van der Waals surface area (Å²) in [5, 5.41) is 9.32. The lowest BCUT2D eigenvalue weighted by Gasteiger charge is -2.31. The predicted molar refractivity (Wildman–Crippen MR) is 276 cm³/mol. The summed E-state index contributed by atoms with van der Waals surface area (Å²) >= 11 is 0. The molecule has 4 heterocycles. The number of aromatic nitrogens is 1. The van der Waals surface area contributed by atoms with Gasteiger partial charge in [-0.05, 0) is 88.3 Å². The molecule has 4 nitrogen and oxygen atoms in total. The minimum Gasteiger partial charge on any atom is -0.456 e. The second kappa shape index (κ2) is 15.4. The van der Waals surface area contributed by atoms with Gasteiger partial charge in [0.1, 0.15) is 22.3 Å². The van der Waals surface area contributed by atoms with E-state index in [-0.39, 0.29) is 17.9 Å². The van der Waals surface area contributed by atoms with Crippen LogP contribution in [-0.4, -0.2) is 10.3 Å². The average Bonchev–Trinajstić information content (AvgIpc) is 4.04. The van der Waals surface area contributed by atoms with Crippen LogP contribution in [0.3, 0.4) is 0 Å². The molecule has 3 atom stereocenters. The Morgan fingerprint density at radius 2 is 1.20 bits per heavy atom. The average molecular weight is 851 g/mol. The third kappa shape index (κ3) is 6.09. The van der Waals surface area contributed by atoms with Crippen LogP contribution in [0.5, 0.6) is 0 Å². The molecule has 316 valence electrons.